The van der Waals surface area contributed by atoms with Crippen LogP contribution in [0.25, 0.3) is 21.9 Å². The molecule has 5 nitrogen and oxygen atoms in total. The molecule has 0 saturated heterocycles. The van der Waals surface area contributed by atoms with Crippen LogP contribution in [0, 0.1) is 17.1 Å². The smallest absolute Gasteiger partial charge is 0.387 e. The summed E-state index contributed by atoms with van der Waals surface area (Å²) in [5.41, 5.74) is 0.600. The second-order valence-electron chi connectivity index (χ2n) is 5.77. The molecule has 3 aromatic rings. The Balaban J connectivity index is 2.26. The number of halogens is 3. The minimum atomic E-state index is -3.02. The maximum Gasteiger partial charge on any atom is 0.387 e. The number of alkyl halides is 2. The summed E-state index contributed by atoms with van der Waals surface area (Å²) in [6.45, 7) is -2.96. The van der Waals surface area contributed by atoms with Gasteiger partial charge in [0.25, 0.3) is 0 Å². The molecule has 28 heavy (non-hydrogen) atoms. The van der Waals surface area contributed by atoms with Crippen LogP contribution in [-0.4, -0.2) is 29.9 Å². The molecule has 0 spiro atoms. The van der Waals surface area contributed by atoms with E-state index >= 15 is 0 Å². The summed E-state index contributed by atoms with van der Waals surface area (Å²) in [4.78, 5) is 4.21. The third-order valence-electron chi connectivity index (χ3n) is 3.93. The Kier molecular flexibility index (Phi) is 5.96. The van der Waals surface area contributed by atoms with Crippen LogP contribution in [0.3, 0.4) is 0 Å². The van der Waals surface area contributed by atoms with E-state index in [1.807, 2.05) is 6.07 Å². The molecule has 0 amide bonds. The molecule has 0 bridgehead atoms. The zero-order chi connectivity index (χ0) is 20.1. The molecule has 0 aliphatic heterocycles. The molecule has 0 radical (unpaired) electrons. The van der Waals surface area contributed by atoms with Gasteiger partial charge in [-0.15, -0.1) is 0 Å². The highest BCUT2D eigenvalue weighted by Gasteiger charge is 2.18. The first-order chi connectivity index (χ1) is 13.5. The number of aromatic nitrogens is 1. The van der Waals surface area contributed by atoms with E-state index in [-0.39, 0.29) is 36.1 Å². The van der Waals surface area contributed by atoms with E-state index in [0.717, 1.165) is 0 Å². The maximum absolute atomic E-state index is 13.7. The first-order valence-electron chi connectivity index (χ1n) is 8.35. The van der Waals surface area contributed by atoms with Gasteiger partial charge in [0.1, 0.15) is 17.6 Å². The Labute approximate surface area is 158 Å². The predicted octanol–water partition coefficient (Wildman–Crippen LogP) is 4.28. The van der Waals surface area contributed by atoms with Gasteiger partial charge in [-0.3, -0.25) is 0 Å². The number of fused-ring (bicyclic) bond motifs is 1. The van der Waals surface area contributed by atoms with Crippen molar-refractivity contribution in [3.8, 4) is 28.8 Å². The minimum Gasteiger partial charge on any atom is -0.477 e. The van der Waals surface area contributed by atoms with Gasteiger partial charge < -0.3 is 14.6 Å². The number of pyridine rings is 1. The molecule has 1 aromatic heterocycles. The highest BCUT2D eigenvalue weighted by Crippen LogP contribution is 2.38. The van der Waals surface area contributed by atoms with E-state index in [9.17, 15) is 18.4 Å². The maximum atomic E-state index is 13.7. The summed E-state index contributed by atoms with van der Waals surface area (Å²) in [6.07, 6.45) is 0.350. The fourth-order valence-corrected chi connectivity index (χ4v) is 2.80. The lowest BCUT2D eigenvalue weighted by Crippen LogP contribution is -2.05. The molecule has 0 aliphatic rings. The van der Waals surface area contributed by atoms with Crippen molar-refractivity contribution >= 4 is 10.8 Å². The molecule has 0 unspecified atom stereocenters. The van der Waals surface area contributed by atoms with Gasteiger partial charge in [0, 0.05) is 29.4 Å². The van der Waals surface area contributed by atoms with E-state index < -0.39 is 12.4 Å². The van der Waals surface area contributed by atoms with Crippen LogP contribution < -0.4 is 9.47 Å². The number of nitriles is 1. The normalized spacial score (nSPS) is 10.9. The third kappa shape index (κ3) is 4.15. The second kappa shape index (κ2) is 8.59. The Morgan fingerprint density at radius 1 is 1.14 bits per heavy atom. The number of aliphatic hydroxyl groups is 1. The Morgan fingerprint density at radius 2 is 1.96 bits per heavy atom. The summed E-state index contributed by atoms with van der Waals surface area (Å²) in [5.74, 6) is -0.516. The summed E-state index contributed by atoms with van der Waals surface area (Å²) in [7, 11) is 0. The largest absolute Gasteiger partial charge is 0.477 e. The van der Waals surface area contributed by atoms with Gasteiger partial charge in [-0.2, -0.15) is 14.0 Å². The Bertz CT molecular complexity index is 1040. The minimum absolute atomic E-state index is 0.0497. The van der Waals surface area contributed by atoms with Crippen LogP contribution in [0.15, 0.2) is 42.5 Å². The fourth-order valence-electron chi connectivity index (χ4n) is 2.80. The summed E-state index contributed by atoms with van der Waals surface area (Å²) in [6, 6.07) is 11.6. The predicted molar refractivity (Wildman–Crippen MR) is 95.7 cm³/mol. The molecular formula is C20H15F3N2O3. The molecule has 0 aliphatic carbocycles. The highest BCUT2D eigenvalue weighted by atomic mass is 19.3. The number of benzene rings is 2. The molecule has 0 fully saturated rings. The molecule has 0 atom stereocenters. The molecule has 144 valence electrons. The van der Waals surface area contributed by atoms with E-state index in [1.165, 1.54) is 36.4 Å². The molecule has 1 heterocycles. The van der Waals surface area contributed by atoms with Crippen molar-refractivity contribution in [1.29, 1.82) is 5.26 Å². The molecular weight excluding hydrogens is 373 g/mol. The van der Waals surface area contributed by atoms with Crippen molar-refractivity contribution in [1.82, 2.24) is 4.98 Å². The van der Waals surface area contributed by atoms with Crippen LogP contribution in [0.5, 0.6) is 11.6 Å². The van der Waals surface area contributed by atoms with Gasteiger partial charge in [-0.25, -0.2) is 9.37 Å². The van der Waals surface area contributed by atoms with Gasteiger partial charge in [-0.05, 0) is 35.9 Å². The van der Waals surface area contributed by atoms with E-state index in [2.05, 4.69) is 9.72 Å². The van der Waals surface area contributed by atoms with Crippen molar-refractivity contribution in [3.63, 3.8) is 0 Å². The lowest BCUT2D eigenvalue weighted by Gasteiger charge is -2.15. The van der Waals surface area contributed by atoms with Crippen LogP contribution in [0.4, 0.5) is 13.2 Å². The van der Waals surface area contributed by atoms with Gasteiger partial charge >= 0.3 is 6.61 Å². The average molecular weight is 388 g/mol. The number of nitrogens with zero attached hydrogens (tertiary/aromatic N) is 2. The number of hydrogen-bond donors (Lipinski definition) is 1. The lowest BCUT2D eigenvalue weighted by atomic mass is 9.97. The van der Waals surface area contributed by atoms with E-state index in [4.69, 9.17) is 9.84 Å². The van der Waals surface area contributed by atoms with Crippen LogP contribution in [0.1, 0.15) is 12.1 Å². The number of aliphatic hydroxyl groups excluding tert-OH is 1. The Hall–Kier alpha value is -3.31. The average Bonchev–Trinajstić information content (AvgIpc) is 2.67. The standard InChI is InChI=1S/C20H15F3N2O3/c21-13-4-1-3-12(9-13)18-16-10-14(28-20(22)23)5-6-15(16)19(25-17(18)11-24)27-8-2-7-26/h1,3-6,9-10,20,26H,2,7-8H2. The number of hydrogen-bond acceptors (Lipinski definition) is 5. The molecule has 0 saturated carbocycles. The monoisotopic (exact) mass is 388 g/mol. The SMILES string of the molecule is N#Cc1nc(OCCCO)c2ccc(OC(F)F)cc2c1-c1cccc(F)c1. The summed E-state index contributed by atoms with van der Waals surface area (Å²) >= 11 is 0. The van der Waals surface area contributed by atoms with Crippen LogP contribution >= 0.6 is 0 Å². The van der Waals surface area contributed by atoms with Crippen molar-refractivity contribution in [2.24, 2.45) is 0 Å². The van der Waals surface area contributed by atoms with Gasteiger partial charge in [0.15, 0.2) is 5.69 Å². The molecule has 2 aromatic carbocycles. The van der Waals surface area contributed by atoms with Crippen molar-refractivity contribution in [3.05, 3.63) is 54.0 Å². The van der Waals surface area contributed by atoms with Crippen molar-refractivity contribution < 1.29 is 27.8 Å². The zero-order valence-electron chi connectivity index (χ0n) is 14.5. The number of rotatable bonds is 7. The molecule has 8 heteroatoms. The van der Waals surface area contributed by atoms with Gasteiger partial charge in [-0.1, -0.05) is 12.1 Å². The molecule has 3 rings (SSSR count). The topological polar surface area (TPSA) is 75.4 Å². The molecule has 1 N–H and O–H groups in total. The Morgan fingerprint density at radius 3 is 2.64 bits per heavy atom. The first-order valence-corrected chi connectivity index (χ1v) is 8.35. The fraction of sp³-hybridized carbons (Fsp3) is 0.200. The van der Waals surface area contributed by atoms with Gasteiger partial charge in [0.05, 0.1) is 6.61 Å². The van der Waals surface area contributed by atoms with Crippen LogP contribution in [0.2, 0.25) is 0 Å². The van der Waals surface area contributed by atoms with Crippen LogP contribution in [-0.2, 0) is 0 Å². The zero-order valence-corrected chi connectivity index (χ0v) is 14.5. The quantitative estimate of drug-likeness (QED) is 0.612. The van der Waals surface area contributed by atoms with Crippen molar-refractivity contribution in [2.45, 2.75) is 13.0 Å². The second-order valence-corrected chi connectivity index (χ2v) is 5.77. The van der Waals surface area contributed by atoms with Crippen molar-refractivity contribution in [2.75, 3.05) is 13.2 Å². The summed E-state index contributed by atoms with van der Waals surface area (Å²) in [5, 5.41) is 19.3. The first kappa shape index (κ1) is 19.5. The highest BCUT2D eigenvalue weighted by molar-refractivity contribution is 6.01. The van der Waals surface area contributed by atoms with Gasteiger partial charge in [0.2, 0.25) is 5.88 Å². The van der Waals surface area contributed by atoms with E-state index in [1.54, 1.807) is 6.07 Å². The number of ether oxygens (including phenoxy) is 2. The summed E-state index contributed by atoms with van der Waals surface area (Å²) < 4.78 is 49.1. The van der Waals surface area contributed by atoms with E-state index in [0.29, 0.717) is 22.8 Å². The lowest BCUT2D eigenvalue weighted by molar-refractivity contribution is -0.0497. The third-order valence-corrected chi connectivity index (χ3v) is 3.93.